The van der Waals surface area contributed by atoms with Crippen molar-refractivity contribution in [3.8, 4) is 50.4 Å². The summed E-state index contributed by atoms with van der Waals surface area (Å²) in [6.45, 7) is 13.8. The van der Waals surface area contributed by atoms with Gasteiger partial charge in [0.1, 0.15) is 61.9 Å². The summed E-state index contributed by atoms with van der Waals surface area (Å²) in [5, 5.41) is 16.7. The summed E-state index contributed by atoms with van der Waals surface area (Å²) in [6, 6.07) is 82.8. The van der Waals surface area contributed by atoms with Crippen LogP contribution in [0.15, 0.2) is 353 Å². The van der Waals surface area contributed by atoms with E-state index in [0.717, 1.165) is 155 Å². The van der Waals surface area contributed by atoms with E-state index in [2.05, 4.69) is 29.9 Å². The summed E-state index contributed by atoms with van der Waals surface area (Å²) in [5.74, 6) is 0.149. The van der Waals surface area contributed by atoms with Crippen molar-refractivity contribution in [2.45, 2.75) is 22.2 Å². The molecular weight excluding hydrogens is 1980 g/mol. The van der Waals surface area contributed by atoms with Crippen LogP contribution in [0.25, 0.3) is 88.2 Å². The van der Waals surface area contributed by atoms with Crippen molar-refractivity contribution in [1.29, 1.82) is 0 Å². The van der Waals surface area contributed by atoms with Crippen molar-refractivity contribution in [2.75, 3.05) is 53.3 Å². The molecule has 10 aromatic carbocycles. The first-order valence-corrected chi connectivity index (χ1v) is 58.3. The molecule has 0 bridgehead atoms. The number of aryl methyl sites for hydroxylation is 8. The molecular formula is C114H112Cl2N18O10P4. The largest absolute Gasteiger partial charge is 0.508 e. The topological polar surface area (TPSA) is 398 Å². The quantitative estimate of drug-likeness (QED) is 0.0386. The maximum atomic E-state index is 12.9. The molecule has 0 spiro atoms. The van der Waals surface area contributed by atoms with Crippen LogP contribution in [0, 0.1) is 0 Å². The molecule has 10 N–H and O–H groups in total. The Bertz CT molecular complexity index is 8540. The third-order valence-corrected chi connectivity index (χ3v) is 34.2. The maximum absolute atomic E-state index is 12.9. The van der Waals surface area contributed by atoms with Gasteiger partial charge in [0.05, 0.1) is 101 Å². The van der Waals surface area contributed by atoms with Gasteiger partial charge in [0.15, 0.2) is 0 Å². The van der Waals surface area contributed by atoms with Crippen LogP contribution < -0.4 is 72.1 Å². The SMILES string of the molecule is Cn1cncc1C(N)(c1ccc(=O)[nH]c1)c1ccc2c(c1)c(-c1cccc(P(C)(C)=O)c1)cc(=O)n2C.Cn1cncc1C(N)(c1ccc(Cl)cc1)c1ccc2c(c1)c(-c1cccc(P(C)(C)=O)c1)cc(=O)n2C.Cn1cncc1C(N)(c1ccc(Cl)cc1)c1ccc2c(c1)c(-c1cccc(P(C)(C)=O)n1)cc(=O)n2C.Cn1cncc1C(N)(c1ccc(O)cc1)c1ccc2c(c1)c(-c1cccc(P(C)(C)=O)c1)cc(=O)n2C. The third kappa shape index (κ3) is 20.0. The number of nitrogens with zero attached hydrogens (tertiary/aromatic N) is 13. The lowest BCUT2D eigenvalue weighted by Crippen LogP contribution is -2.41. The van der Waals surface area contributed by atoms with E-state index < -0.39 is 50.7 Å². The number of hydrogen-bond acceptors (Lipinski definition) is 19. The number of nitrogens with two attached hydrogens (primary N) is 4. The molecule has 0 radical (unpaired) electrons. The first-order valence-electron chi connectivity index (χ1n) is 47.1. The summed E-state index contributed by atoms with van der Waals surface area (Å²) in [5.41, 5.74) is 42.7. The zero-order chi connectivity index (χ0) is 106. The Hall–Kier alpha value is -14.9. The summed E-state index contributed by atoms with van der Waals surface area (Å²) < 4.78 is 65.1. The maximum Gasteiger partial charge on any atom is 0.251 e. The number of halogens is 2. The second kappa shape index (κ2) is 40.4. The highest BCUT2D eigenvalue weighted by molar-refractivity contribution is 7.71. The lowest BCUT2D eigenvalue weighted by Gasteiger charge is -2.31. The Morgan fingerprint density at radius 3 is 0.851 bits per heavy atom. The number of fused-ring (bicyclic) bond motifs is 4. The van der Waals surface area contributed by atoms with Gasteiger partial charge < -0.3 is 87.8 Å². The van der Waals surface area contributed by atoms with Crippen LogP contribution >= 0.6 is 51.8 Å². The van der Waals surface area contributed by atoms with E-state index in [0.29, 0.717) is 32.3 Å². The summed E-state index contributed by atoms with van der Waals surface area (Å²) in [7, 11) is 4.44. The fourth-order valence-electron chi connectivity index (χ4n) is 19.3. The van der Waals surface area contributed by atoms with Gasteiger partial charge in [0.2, 0.25) is 5.56 Å². The number of hydrogen-bond donors (Lipinski definition) is 6. The lowest BCUT2D eigenvalue weighted by atomic mass is 9.80. The van der Waals surface area contributed by atoms with Gasteiger partial charge >= 0.3 is 0 Å². The van der Waals surface area contributed by atoms with E-state index in [1.807, 2.05) is 253 Å². The zero-order valence-electron chi connectivity index (χ0n) is 84.5. The van der Waals surface area contributed by atoms with Crippen molar-refractivity contribution in [3.63, 3.8) is 0 Å². The summed E-state index contributed by atoms with van der Waals surface area (Å²) >= 11 is 12.4. The highest BCUT2D eigenvalue weighted by Gasteiger charge is 2.41. The Kier molecular flexibility index (Phi) is 28.5. The Morgan fingerprint density at radius 1 is 0.304 bits per heavy atom. The minimum atomic E-state index is -2.60. The van der Waals surface area contributed by atoms with E-state index in [9.17, 15) is 47.3 Å². The van der Waals surface area contributed by atoms with E-state index in [4.69, 9.17) is 46.1 Å². The molecule has 4 atom stereocenters. The Labute approximate surface area is 864 Å². The standard InChI is InChI=1S/C29H28ClN4O2P.C29H29N4O3P.C28H27ClN5O2P.C28H28N5O3P/c1-33-18-32-17-27(33)29(31,20-8-11-22(30)12-9-20)21-10-13-26-25(15-21)24(16-28(35)34(26)2)19-6-5-7-23(14-19)37(3,4)36;1-32-18-31-17-27(32)29(30,20-8-11-22(34)12-9-20)21-10-13-26-25(15-21)24(16-28(35)33(26)2)19-6-5-7-23(14-19)37(3,4)36;1-33-17-31-16-25(33)28(30,18-8-11-20(29)12-9-18)19-10-13-24-22(14-19)21(15-27(35)34(24)2)23-6-5-7-26(32-23)37(3,4)36;1-32-17-30-16-25(32)28(29,20-9-11-26(34)31-15-20)19-8-10-24-23(13-19)22(14-27(35)33(24)2)18-6-5-7-21(12-18)37(3,4)36/h5-18H,31H2,1-4H3;5-18,34H,30H2,1-4H3;5-17H,30H2,1-4H3;5-17H,29H2,1-4H3,(H,31,34). The molecule has 0 aliphatic heterocycles. The predicted molar refractivity (Wildman–Crippen MR) is 600 cm³/mol. The molecule has 0 amide bonds. The van der Waals surface area contributed by atoms with Gasteiger partial charge in [-0.15, -0.1) is 0 Å². The van der Waals surface area contributed by atoms with Crippen molar-refractivity contribution in [3.05, 3.63) is 458 Å². The monoisotopic (exact) mass is 2090 g/mol. The van der Waals surface area contributed by atoms with Gasteiger partial charge in [-0.3, -0.25) is 24.0 Å². The number of aromatic nitrogens is 14. The van der Waals surface area contributed by atoms with Crippen LogP contribution in [0.4, 0.5) is 0 Å². The molecule has 20 rings (SSSR count). The number of nitrogens with one attached hydrogen (secondary N) is 1. The van der Waals surface area contributed by atoms with E-state index in [-0.39, 0.29) is 33.5 Å². The van der Waals surface area contributed by atoms with Crippen molar-refractivity contribution >= 4 is 117 Å². The van der Waals surface area contributed by atoms with Gasteiger partial charge in [-0.2, -0.15) is 0 Å². The molecule has 28 nitrogen and oxygen atoms in total. The Balaban J connectivity index is 0.000000135. The molecule has 0 saturated carbocycles. The fourth-order valence-corrected chi connectivity index (χ4v) is 23.0. The molecule has 10 heterocycles. The van der Waals surface area contributed by atoms with Crippen LogP contribution in [0.5, 0.6) is 5.75 Å². The van der Waals surface area contributed by atoms with Gasteiger partial charge in [-0.1, -0.05) is 145 Å². The minimum absolute atomic E-state index is 0.125. The summed E-state index contributed by atoms with van der Waals surface area (Å²) in [4.78, 5) is 88.1. The average molecular weight is 2090 g/mol. The molecule has 0 saturated heterocycles. The third-order valence-electron chi connectivity index (χ3n) is 27.8. The molecule has 148 heavy (non-hydrogen) atoms. The van der Waals surface area contributed by atoms with E-state index >= 15 is 0 Å². The number of pyridine rings is 6. The van der Waals surface area contributed by atoms with Crippen LogP contribution in [-0.2, 0) is 96.8 Å². The normalized spacial score (nSPS) is 13.6. The molecule has 34 heteroatoms. The minimum Gasteiger partial charge on any atom is -0.508 e. The number of aromatic hydroxyl groups is 1. The average Bonchev–Trinajstić information content (AvgIpc) is 1.20. The van der Waals surface area contributed by atoms with Gasteiger partial charge in [0, 0.05) is 146 Å². The first-order chi connectivity index (χ1) is 70.0. The second-order valence-corrected chi connectivity index (χ2v) is 52.7. The number of rotatable bonds is 20. The van der Waals surface area contributed by atoms with Gasteiger partial charge in [0.25, 0.3) is 22.2 Å². The van der Waals surface area contributed by atoms with Crippen LogP contribution in [0.3, 0.4) is 0 Å². The molecule has 752 valence electrons. The molecule has 0 aliphatic carbocycles. The number of phenols is 1. The van der Waals surface area contributed by atoms with E-state index in [1.165, 1.54) is 6.07 Å². The first kappa shape index (κ1) is 104. The van der Waals surface area contributed by atoms with Crippen LogP contribution in [0.1, 0.15) is 67.3 Å². The number of benzene rings is 10. The fraction of sp³-hybridized carbons (Fsp3) is 0.175. The van der Waals surface area contributed by atoms with Crippen molar-refractivity contribution in [2.24, 2.45) is 79.3 Å². The predicted octanol–water partition coefficient (Wildman–Crippen LogP) is 16.8. The smallest absolute Gasteiger partial charge is 0.251 e. The number of imidazole rings is 4. The number of aromatic amines is 1. The van der Waals surface area contributed by atoms with E-state index in [1.54, 1.807) is 217 Å². The Morgan fingerprint density at radius 2 is 0.574 bits per heavy atom. The lowest BCUT2D eigenvalue weighted by molar-refractivity contribution is 0.474. The highest BCUT2D eigenvalue weighted by Crippen LogP contribution is 2.47. The molecule has 0 fully saturated rings. The zero-order valence-corrected chi connectivity index (χ0v) is 89.6. The van der Waals surface area contributed by atoms with Crippen molar-refractivity contribution in [1.82, 2.24) is 66.4 Å². The second-order valence-electron chi connectivity index (χ2n) is 39.0. The van der Waals surface area contributed by atoms with Gasteiger partial charge in [-0.05, 0) is 253 Å². The van der Waals surface area contributed by atoms with Crippen LogP contribution in [-0.4, -0.2) is 125 Å². The molecule has 4 unspecified atom stereocenters. The molecule has 10 aromatic heterocycles. The van der Waals surface area contributed by atoms with Gasteiger partial charge in [-0.25, -0.2) is 24.9 Å². The van der Waals surface area contributed by atoms with Crippen molar-refractivity contribution < 1.29 is 23.4 Å². The highest BCUT2D eigenvalue weighted by atomic mass is 35.5. The summed E-state index contributed by atoms with van der Waals surface area (Å²) in [6.07, 6.45) is 15.4. The number of H-pyrrole nitrogens is 1. The van der Waals surface area contributed by atoms with Crippen LogP contribution in [0.2, 0.25) is 10.0 Å². The molecule has 0 aliphatic rings. The molecule has 20 aromatic rings. The number of phenolic OH excluding ortho intramolecular Hbond substituents is 1.